The Morgan fingerprint density at radius 2 is 2.00 bits per heavy atom. The van der Waals surface area contributed by atoms with Crippen molar-refractivity contribution in [2.24, 2.45) is 5.73 Å². The van der Waals surface area contributed by atoms with Gasteiger partial charge in [-0.25, -0.2) is 18.1 Å². The zero-order valence-corrected chi connectivity index (χ0v) is 12.1. The fourth-order valence-corrected chi connectivity index (χ4v) is 2.94. The molecule has 7 heteroatoms. The van der Waals surface area contributed by atoms with Crippen molar-refractivity contribution in [3.05, 3.63) is 36.4 Å². The van der Waals surface area contributed by atoms with Gasteiger partial charge in [-0.1, -0.05) is 12.1 Å². The number of sulfonamides is 1. The third-order valence-corrected chi connectivity index (χ3v) is 4.39. The van der Waals surface area contributed by atoms with Crippen molar-refractivity contribution < 1.29 is 12.8 Å². The van der Waals surface area contributed by atoms with E-state index in [1.807, 2.05) is 0 Å². The Hall–Kier alpha value is -1.70. The lowest BCUT2D eigenvalue weighted by Gasteiger charge is -2.12. The minimum Gasteiger partial charge on any atom is -0.449 e. The molecule has 0 unspecified atom stereocenters. The molecule has 0 aliphatic rings. The summed E-state index contributed by atoms with van der Waals surface area (Å²) in [6, 6.07) is 6.14. The van der Waals surface area contributed by atoms with Gasteiger partial charge < -0.3 is 10.2 Å². The Morgan fingerprint density at radius 1 is 1.35 bits per heavy atom. The molecule has 1 atom stereocenters. The van der Waals surface area contributed by atoms with Crippen molar-refractivity contribution in [1.29, 1.82) is 0 Å². The maximum atomic E-state index is 12.1. The number of nitrogens with zero attached hydrogens (tertiary/aromatic N) is 1. The zero-order valence-electron chi connectivity index (χ0n) is 11.3. The van der Waals surface area contributed by atoms with E-state index in [9.17, 15) is 8.42 Å². The van der Waals surface area contributed by atoms with Gasteiger partial charge in [-0.05, 0) is 19.1 Å². The first-order valence-corrected chi connectivity index (χ1v) is 7.65. The highest BCUT2D eigenvalue weighted by Gasteiger charge is 2.16. The quantitative estimate of drug-likeness (QED) is 0.865. The van der Waals surface area contributed by atoms with Gasteiger partial charge in [0.15, 0.2) is 5.89 Å². The van der Waals surface area contributed by atoms with Gasteiger partial charge in [-0.15, -0.1) is 0 Å². The SMILES string of the molecule is Cc1nc(-c2ccc(S(=O)(=O)N[C@@H](C)CN)cc2)co1. The van der Waals surface area contributed by atoms with Gasteiger partial charge in [0.2, 0.25) is 10.0 Å². The van der Waals surface area contributed by atoms with Crippen molar-refractivity contribution in [3.63, 3.8) is 0 Å². The lowest BCUT2D eigenvalue weighted by atomic mass is 10.2. The Morgan fingerprint density at radius 3 is 2.50 bits per heavy atom. The smallest absolute Gasteiger partial charge is 0.240 e. The predicted molar refractivity (Wildman–Crippen MR) is 75.5 cm³/mol. The number of hydrogen-bond acceptors (Lipinski definition) is 5. The molecular formula is C13H17N3O3S. The third-order valence-electron chi connectivity index (χ3n) is 2.79. The van der Waals surface area contributed by atoms with Crippen LogP contribution in [-0.4, -0.2) is 26.0 Å². The lowest BCUT2D eigenvalue weighted by Crippen LogP contribution is -2.37. The summed E-state index contributed by atoms with van der Waals surface area (Å²) < 4.78 is 31.7. The number of nitrogens with two attached hydrogens (primary N) is 1. The van der Waals surface area contributed by atoms with Crippen molar-refractivity contribution >= 4 is 10.0 Å². The first-order chi connectivity index (χ1) is 9.42. The normalized spacial score (nSPS) is 13.3. The minimum absolute atomic E-state index is 0.196. The van der Waals surface area contributed by atoms with Crippen molar-refractivity contribution in [2.45, 2.75) is 24.8 Å². The molecule has 3 N–H and O–H groups in total. The van der Waals surface area contributed by atoms with Crippen molar-refractivity contribution in [1.82, 2.24) is 9.71 Å². The van der Waals surface area contributed by atoms with Crippen LogP contribution in [0, 0.1) is 6.92 Å². The van der Waals surface area contributed by atoms with E-state index < -0.39 is 10.0 Å². The van der Waals surface area contributed by atoms with Crippen LogP contribution in [0.15, 0.2) is 39.8 Å². The van der Waals surface area contributed by atoms with E-state index in [0.29, 0.717) is 11.6 Å². The highest BCUT2D eigenvalue weighted by atomic mass is 32.2. The second-order valence-corrected chi connectivity index (χ2v) is 6.25. The molecule has 0 fully saturated rings. The molecule has 0 aliphatic heterocycles. The molecule has 0 aliphatic carbocycles. The van der Waals surface area contributed by atoms with Gasteiger partial charge in [-0.2, -0.15) is 0 Å². The van der Waals surface area contributed by atoms with Crippen LogP contribution in [-0.2, 0) is 10.0 Å². The standard InChI is InChI=1S/C13H17N3O3S/c1-9(7-14)16-20(17,18)12-5-3-11(4-6-12)13-8-19-10(2)15-13/h3-6,8-9,16H,7,14H2,1-2H3/t9-/m0/s1. The van der Waals surface area contributed by atoms with E-state index in [0.717, 1.165) is 5.56 Å². The van der Waals surface area contributed by atoms with Crippen LogP contribution in [0.4, 0.5) is 0 Å². The third kappa shape index (κ3) is 3.24. The van der Waals surface area contributed by atoms with Gasteiger partial charge >= 0.3 is 0 Å². The summed E-state index contributed by atoms with van der Waals surface area (Å²) in [6.07, 6.45) is 1.54. The molecule has 1 aromatic heterocycles. The fourth-order valence-electron chi connectivity index (χ4n) is 1.68. The first-order valence-electron chi connectivity index (χ1n) is 6.17. The largest absolute Gasteiger partial charge is 0.449 e. The number of oxazole rings is 1. The van der Waals surface area contributed by atoms with Gasteiger partial charge in [0, 0.05) is 25.1 Å². The number of aromatic nitrogens is 1. The van der Waals surface area contributed by atoms with Gasteiger partial charge in [0.1, 0.15) is 12.0 Å². The zero-order chi connectivity index (χ0) is 14.8. The average Bonchev–Trinajstić information content (AvgIpc) is 2.85. The molecule has 0 spiro atoms. The van der Waals surface area contributed by atoms with Crippen LogP contribution >= 0.6 is 0 Å². The molecule has 108 valence electrons. The molecule has 1 aromatic carbocycles. The van der Waals surface area contributed by atoms with Crippen molar-refractivity contribution in [3.8, 4) is 11.3 Å². The molecule has 1 heterocycles. The molecule has 20 heavy (non-hydrogen) atoms. The molecule has 0 saturated carbocycles. The predicted octanol–water partition coefficient (Wildman–Crippen LogP) is 1.28. The molecular weight excluding hydrogens is 278 g/mol. The maximum absolute atomic E-state index is 12.1. The van der Waals surface area contributed by atoms with E-state index in [2.05, 4.69) is 9.71 Å². The highest BCUT2D eigenvalue weighted by molar-refractivity contribution is 7.89. The number of nitrogens with one attached hydrogen (secondary N) is 1. The van der Waals surface area contributed by atoms with Crippen LogP contribution < -0.4 is 10.5 Å². The number of benzene rings is 1. The molecule has 0 radical (unpaired) electrons. The second kappa shape index (κ2) is 5.74. The van der Waals surface area contributed by atoms with Crippen LogP contribution in [0.3, 0.4) is 0 Å². The van der Waals surface area contributed by atoms with Gasteiger partial charge in [0.05, 0.1) is 4.90 Å². The summed E-state index contributed by atoms with van der Waals surface area (Å²) in [5, 5.41) is 0. The summed E-state index contributed by atoms with van der Waals surface area (Å²) in [5.74, 6) is 0.565. The number of rotatable bonds is 5. The monoisotopic (exact) mass is 295 g/mol. The van der Waals surface area contributed by atoms with Crippen LogP contribution in [0.25, 0.3) is 11.3 Å². The molecule has 0 saturated heterocycles. The average molecular weight is 295 g/mol. The number of aryl methyl sites for hydroxylation is 1. The van der Waals surface area contributed by atoms with Gasteiger partial charge in [-0.3, -0.25) is 0 Å². The summed E-state index contributed by atoms with van der Waals surface area (Å²) in [6.45, 7) is 3.71. The summed E-state index contributed by atoms with van der Waals surface area (Å²) in [4.78, 5) is 4.38. The van der Waals surface area contributed by atoms with E-state index in [4.69, 9.17) is 10.2 Å². The van der Waals surface area contributed by atoms with Crippen LogP contribution in [0.1, 0.15) is 12.8 Å². The Bertz CT molecular complexity index is 677. The second-order valence-electron chi connectivity index (χ2n) is 4.53. The summed E-state index contributed by atoms with van der Waals surface area (Å²) >= 11 is 0. The van der Waals surface area contributed by atoms with E-state index >= 15 is 0 Å². The Balaban J connectivity index is 2.24. The van der Waals surface area contributed by atoms with Gasteiger partial charge in [0.25, 0.3) is 0 Å². The fraction of sp³-hybridized carbons (Fsp3) is 0.308. The highest BCUT2D eigenvalue weighted by Crippen LogP contribution is 2.20. The lowest BCUT2D eigenvalue weighted by molar-refractivity contribution is 0.521. The summed E-state index contributed by atoms with van der Waals surface area (Å²) in [5.41, 5.74) is 6.89. The van der Waals surface area contributed by atoms with E-state index in [-0.39, 0.29) is 17.5 Å². The molecule has 2 rings (SSSR count). The van der Waals surface area contributed by atoms with E-state index in [1.54, 1.807) is 26.0 Å². The topological polar surface area (TPSA) is 98.2 Å². The Labute approximate surface area is 118 Å². The van der Waals surface area contributed by atoms with Crippen molar-refractivity contribution in [2.75, 3.05) is 6.54 Å². The number of hydrogen-bond donors (Lipinski definition) is 2. The maximum Gasteiger partial charge on any atom is 0.240 e. The van der Waals surface area contributed by atoms with Crippen LogP contribution in [0.2, 0.25) is 0 Å². The first kappa shape index (κ1) is 14.7. The molecule has 0 bridgehead atoms. The molecule has 0 amide bonds. The van der Waals surface area contributed by atoms with E-state index in [1.165, 1.54) is 18.4 Å². The summed E-state index contributed by atoms with van der Waals surface area (Å²) in [7, 11) is -3.54. The molecule has 2 aromatic rings. The molecule has 6 nitrogen and oxygen atoms in total. The minimum atomic E-state index is -3.54. The van der Waals surface area contributed by atoms with Crippen LogP contribution in [0.5, 0.6) is 0 Å². The Kier molecular flexibility index (Phi) is 4.22.